The van der Waals surface area contributed by atoms with Gasteiger partial charge < -0.3 is 10.6 Å². The highest BCUT2D eigenvalue weighted by Gasteiger charge is 2.15. The van der Waals surface area contributed by atoms with Crippen molar-refractivity contribution in [2.24, 2.45) is 0 Å². The summed E-state index contributed by atoms with van der Waals surface area (Å²) in [6.45, 7) is 5.62. The van der Waals surface area contributed by atoms with E-state index in [0.717, 1.165) is 31.6 Å². The minimum atomic E-state index is -0.429. The third-order valence-corrected chi connectivity index (χ3v) is 3.29. The normalized spacial score (nSPS) is 11.2. The smallest absolute Gasteiger partial charge is 0.292 e. The molecule has 0 fully saturated rings. The number of hydrogen-bond acceptors (Lipinski definition) is 5. The van der Waals surface area contributed by atoms with E-state index < -0.39 is 4.92 Å². The lowest BCUT2D eigenvalue weighted by Gasteiger charge is -2.22. The number of hydrogen-bond donors (Lipinski definition) is 1. The van der Waals surface area contributed by atoms with Gasteiger partial charge in [0, 0.05) is 12.6 Å². The van der Waals surface area contributed by atoms with Gasteiger partial charge in [0.1, 0.15) is 5.69 Å². The molecule has 0 amide bonds. The monoisotopic (exact) mass is 280 g/mol. The van der Waals surface area contributed by atoms with Crippen LogP contribution in [0.2, 0.25) is 0 Å². The van der Waals surface area contributed by atoms with E-state index in [0.29, 0.717) is 6.54 Å². The highest BCUT2D eigenvalue weighted by Crippen LogP contribution is 2.25. The van der Waals surface area contributed by atoms with Crippen LogP contribution >= 0.6 is 0 Å². The molecule has 0 saturated heterocycles. The first-order chi connectivity index (χ1) is 9.45. The van der Waals surface area contributed by atoms with E-state index in [2.05, 4.69) is 30.8 Å². The zero-order valence-corrected chi connectivity index (χ0v) is 12.5. The first-order valence-corrected chi connectivity index (χ1v) is 6.84. The van der Waals surface area contributed by atoms with Gasteiger partial charge >= 0.3 is 0 Å². The zero-order chi connectivity index (χ0) is 15.1. The predicted molar refractivity (Wildman–Crippen MR) is 81.6 cm³/mol. The molecule has 6 heteroatoms. The van der Waals surface area contributed by atoms with Gasteiger partial charge in [-0.1, -0.05) is 19.1 Å². The number of rotatable bonds is 8. The Hall–Kier alpha value is -1.66. The Balaban J connectivity index is 2.70. The Labute approximate surface area is 120 Å². The molecule has 0 radical (unpaired) electrons. The number of benzene rings is 1. The van der Waals surface area contributed by atoms with Crippen LogP contribution in [0.25, 0.3) is 0 Å². The van der Waals surface area contributed by atoms with Crippen LogP contribution in [0, 0.1) is 10.1 Å². The molecule has 0 aromatic heterocycles. The summed E-state index contributed by atoms with van der Waals surface area (Å²) < 4.78 is 0. The third kappa shape index (κ3) is 4.79. The maximum atomic E-state index is 10.9. The lowest BCUT2D eigenvalue weighted by molar-refractivity contribution is -0.384. The SMILES string of the molecule is CCN(CCCN(C)C)Cc1cccc([N+](=O)[O-])c1N. The van der Waals surface area contributed by atoms with Crippen molar-refractivity contribution in [1.82, 2.24) is 9.80 Å². The highest BCUT2D eigenvalue weighted by atomic mass is 16.6. The summed E-state index contributed by atoms with van der Waals surface area (Å²) in [6, 6.07) is 5.00. The molecular formula is C14H24N4O2. The molecule has 0 unspecified atom stereocenters. The number of anilines is 1. The summed E-state index contributed by atoms with van der Waals surface area (Å²) in [5.41, 5.74) is 6.99. The fourth-order valence-corrected chi connectivity index (χ4v) is 2.10. The Kier molecular flexibility index (Phi) is 6.41. The molecule has 0 aliphatic carbocycles. The quantitative estimate of drug-likeness (QED) is 0.447. The lowest BCUT2D eigenvalue weighted by Crippen LogP contribution is -2.27. The summed E-state index contributed by atoms with van der Waals surface area (Å²) in [5, 5.41) is 10.9. The lowest BCUT2D eigenvalue weighted by atomic mass is 10.1. The largest absolute Gasteiger partial charge is 0.393 e. The molecule has 0 atom stereocenters. The van der Waals surface area contributed by atoms with Gasteiger partial charge in [-0.15, -0.1) is 0 Å². The van der Waals surface area contributed by atoms with E-state index in [4.69, 9.17) is 5.73 Å². The number of nitrogens with zero attached hydrogens (tertiary/aromatic N) is 3. The van der Waals surface area contributed by atoms with Crippen LogP contribution in [0.5, 0.6) is 0 Å². The zero-order valence-electron chi connectivity index (χ0n) is 12.5. The average Bonchev–Trinajstić information content (AvgIpc) is 2.38. The second-order valence-electron chi connectivity index (χ2n) is 5.13. The van der Waals surface area contributed by atoms with E-state index in [9.17, 15) is 10.1 Å². The first kappa shape index (κ1) is 16.4. The second-order valence-corrected chi connectivity index (χ2v) is 5.13. The molecule has 0 spiro atoms. The molecule has 1 rings (SSSR count). The highest BCUT2D eigenvalue weighted by molar-refractivity contribution is 5.62. The molecule has 6 nitrogen and oxygen atoms in total. The summed E-state index contributed by atoms with van der Waals surface area (Å²) in [4.78, 5) is 14.9. The fraction of sp³-hybridized carbons (Fsp3) is 0.571. The molecule has 1 aromatic rings. The summed E-state index contributed by atoms with van der Waals surface area (Å²) in [6.07, 6.45) is 1.07. The van der Waals surface area contributed by atoms with Crippen molar-refractivity contribution in [3.05, 3.63) is 33.9 Å². The van der Waals surface area contributed by atoms with Gasteiger partial charge in [0.25, 0.3) is 5.69 Å². The van der Waals surface area contributed by atoms with Crippen molar-refractivity contribution in [3.63, 3.8) is 0 Å². The van der Waals surface area contributed by atoms with Crippen LogP contribution in [0.4, 0.5) is 11.4 Å². The van der Waals surface area contributed by atoms with Crippen LogP contribution in [-0.4, -0.2) is 48.5 Å². The standard InChI is InChI=1S/C14H24N4O2/c1-4-17(10-6-9-16(2)3)11-12-7-5-8-13(14(12)15)18(19)20/h5,7-8H,4,6,9-11,15H2,1-3H3. The third-order valence-electron chi connectivity index (χ3n) is 3.29. The maximum Gasteiger partial charge on any atom is 0.292 e. The van der Waals surface area contributed by atoms with Gasteiger partial charge in [0.2, 0.25) is 0 Å². The van der Waals surface area contributed by atoms with Gasteiger partial charge in [-0.3, -0.25) is 15.0 Å². The van der Waals surface area contributed by atoms with E-state index in [-0.39, 0.29) is 11.4 Å². The molecule has 20 heavy (non-hydrogen) atoms. The van der Waals surface area contributed by atoms with Crippen molar-refractivity contribution in [2.45, 2.75) is 19.9 Å². The molecule has 1 aromatic carbocycles. The second kappa shape index (κ2) is 7.81. The molecule has 0 saturated carbocycles. The van der Waals surface area contributed by atoms with Crippen LogP contribution in [0.15, 0.2) is 18.2 Å². The van der Waals surface area contributed by atoms with Gasteiger partial charge in [-0.05, 0) is 45.7 Å². The van der Waals surface area contributed by atoms with Crippen molar-refractivity contribution in [3.8, 4) is 0 Å². The fourth-order valence-electron chi connectivity index (χ4n) is 2.10. The molecule has 0 aliphatic rings. The molecule has 0 aliphatic heterocycles. The van der Waals surface area contributed by atoms with E-state index >= 15 is 0 Å². The van der Waals surface area contributed by atoms with Crippen LogP contribution < -0.4 is 5.73 Å². The maximum absolute atomic E-state index is 10.9. The van der Waals surface area contributed by atoms with Gasteiger partial charge in [-0.2, -0.15) is 0 Å². The van der Waals surface area contributed by atoms with E-state index in [1.54, 1.807) is 6.07 Å². The predicted octanol–water partition coefficient (Wildman–Crippen LogP) is 1.95. The Morgan fingerprint density at radius 2 is 2.00 bits per heavy atom. The van der Waals surface area contributed by atoms with Crippen LogP contribution in [0.1, 0.15) is 18.9 Å². The van der Waals surface area contributed by atoms with Crippen LogP contribution in [0.3, 0.4) is 0 Å². The average molecular weight is 280 g/mol. The number of nitrogens with two attached hydrogens (primary N) is 1. The minimum Gasteiger partial charge on any atom is -0.393 e. The van der Waals surface area contributed by atoms with Crippen molar-refractivity contribution in [1.29, 1.82) is 0 Å². The number of nitro groups is 1. The Morgan fingerprint density at radius 3 is 2.55 bits per heavy atom. The Bertz CT molecular complexity index is 449. The molecule has 0 bridgehead atoms. The molecular weight excluding hydrogens is 256 g/mol. The van der Waals surface area contributed by atoms with Gasteiger partial charge in [-0.25, -0.2) is 0 Å². The van der Waals surface area contributed by atoms with Crippen molar-refractivity contribution >= 4 is 11.4 Å². The summed E-state index contributed by atoms with van der Waals surface area (Å²) >= 11 is 0. The van der Waals surface area contributed by atoms with Gasteiger partial charge in [0.05, 0.1) is 4.92 Å². The molecule has 112 valence electrons. The van der Waals surface area contributed by atoms with E-state index in [1.807, 2.05) is 6.07 Å². The molecule has 2 N–H and O–H groups in total. The first-order valence-electron chi connectivity index (χ1n) is 6.84. The topological polar surface area (TPSA) is 75.6 Å². The molecule has 0 heterocycles. The number of nitrogen functional groups attached to an aromatic ring is 1. The number of nitro benzene ring substituents is 1. The number of para-hydroxylation sites is 1. The van der Waals surface area contributed by atoms with Crippen LogP contribution in [-0.2, 0) is 6.54 Å². The van der Waals surface area contributed by atoms with Crippen molar-refractivity contribution < 1.29 is 4.92 Å². The minimum absolute atomic E-state index is 0.00755. The van der Waals surface area contributed by atoms with Crippen molar-refractivity contribution in [2.75, 3.05) is 39.5 Å². The summed E-state index contributed by atoms with van der Waals surface area (Å²) in [5.74, 6) is 0. The van der Waals surface area contributed by atoms with E-state index in [1.165, 1.54) is 6.07 Å². The summed E-state index contributed by atoms with van der Waals surface area (Å²) in [7, 11) is 4.10. The Morgan fingerprint density at radius 1 is 1.30 bits per heavy atom. The van der Waals surface area contributed by atoms with Gasteiger partial charge in [0.15, 0.2) is 0 Å².